The first-order valence-electron chi connectivity index (χ1n) is 18.2. The van der Waals surface area contributed by atoms with E-state index in [1.807, 2.05) is 18.2 Å². The number of esters is 1. The average molecular weight is 752 g/mol. The van der Waals surface area contributed by atoms with Gasteiger partial charge in [-0.3, -0.25) is 0 Å². The molecule has 1 aliphatic carbocycles. The average Bonchev–Trinajstić information content (AvgIpc) is 3.41. The zero-order valence-corrected chi connectivity index (χ0v) is 32.5. The Morgan fingerprint density at radius 1 is 0.898 bits per heavy atom. The van der Waals surface area contributed by atoms with Gasteiger partial charge in [0, 0.05) is 6.61 Å². The first-order valence-corrected chi connectivity index (χ1v) is 22.0. The standard InChI is InChI=1S/C41H56O6SeSi/c1-41(2,3)49(32-21-11-6-12-22-32,33-23-13-7-14-24-33)46-30-35-34(36(42)29-37(35)47-39-27-17-18-28-45-39)25-15-8-16-26-38(40(43)44-4)48-31-19-9-5-10-20-31/h5-7,9-14,19-24,34-39,42H,8,15-18,25-30H2,1-4H3/t34-,35-,36+,37-,38?,39?/m1/s1. The zero-order valence-electron chi connectivity index (χ0n) is 29.8. The van der Waals surface area contributed by atoms with E-state index in [9.17, 15) is 9.90 Å². The molecule has 6 nitrogen and oxygen atoms in total. The predicted molar refractivity (Wildman–Crippen MR) is 200 cm³/mol. The molecule has 2 aliphatic rings. The number of benzene rings is 3. The van der Waals surface area contributed by atoms with Crippen LogP contribution in [0.5, 0.6) is 0 Å². The molecule has 3 aromatic carbocycles. The molecule has 6 atom stereocenters. The molecule has 3 aromatic rings. The van der Waals surface area contributed by atoms with Crippen LogP contribution in [0.15, 0.2) is 91.0 Å². The van der Waals surface area contributed by atoms with Crippen molar-refractivity contribution in [2.45, 2.75) is 107 Å². The molecular formula is C41H56O6SeSi. The summed E-state index contributed by atoms with van der Waals surface area (Å²) in [6.07, 6.45) is 7.52. The van der Waals surface area contributed by atoms with Gasteiger partial charge in [0.05, 0.1) is 0 Å². The number of aliphatic hydroxyl groups is 1. The van der Waals surface area contributed by atoms with Gasteiger partial charge in [-0.1, -0.05) is 81.4 Å². The third-order valence-electron chi connectivity index (χ3n) is 10.4. The number of carbonyl (C=O) groups is 1. The molecule has 0 amide bonds. The van der Waals surface area contributed by atoms with E-state index in [1.54, 1.807) is 0 Å². The van der Waals surface area contributed by atoms with Crippen molar-refractivity contribution in [3.05, 3.63) is 91.0 Å². The Balaban J connectivity index is 1.31. The van der Waals surface area contributed by atoms with E-state index in [4.69, 9.17) is 18.6 Å². The van der Waals surface area contributed by atoms with Crippen molar-refractivity contribution in [2.24, 2.45) is 11.8 Å². The van der Waals surface area contributed by atoms with E-state index in [0.717, 1.165) is 58.0 Å². The normalized spacial score (nSPS) is 23.7. The molecule has 0 aromatic heterocycles. The molecule has 266 valence electrons. The fourth-order valence-corrected chi connectivity index (χ4v) is 14.8. The summed E-state index contributed by atoms with van der Waals surface area (Å²) in [6.45, 7) is 8.18. The quantitative estimate of drug-likeness (QED) is 0.104. The Kier molecular flexibility index (Phi) is 14.2. The minimum absolute atomic E-state index is 0.0329. The van der Waals surface area contributed by atoms with Crippen molar-refractivity contribution in [3.8, 4) is 0 Å². The fourth-order valence-electron chi connectivity index (χ4n) is 7.84. The van der Waals surface area contributed by atoms with E-state index in [0.29, 0.717) is 13.0 Å². The Hall–Kier alpha value is -2.29. The molecule has 5 rings (SSSR count). The van der Waals surface area contributed by atoms with Crippen molar-refractivity contribution < 1.29 is 28.5 Å². The molecule has 1 N–H and O–H groups in total. The molecule has 0 spiro atoms. The van der Waals surface area contributed by atoms with Crippen LogP contribution < -0.4 is 14.8 Å². The van der Waals surface area contributed by atoms with Gasteiger partial charge in [-0.2, -0.15) is 0 Å². The van der Waals surface area contributed by atoms with Crippen LogP contribution in [0.1, 0.15) is 78.6 Å². The van der Waals surface area contributed by atoms with Gasteiger partial charge in [0.1, 0.15) is 0 Å². The predicted octanol–water partition coefficient (Wildman–Crippen LogP) is 6.41. The van der Waals surface area contributed by atoms with E-state index < -0.39 is 14.4 Å². The van der Waals surface area contributed by atoms with Crippen molar-refractivity contribution in [1.82, 2.24) is 0 Å². The zero-order chi connectivity index (χ0) is 34.7. The van der Waals surface area contributed by atoms with Crippen LogP contribution in [-0.2, 0) is 23.4 Å². The fraction of sp³-hybridized carbons (Fsp3) is 0.537. The van der Waals surface area contributed by atoms with E-state index in [-0.39, 0.29) is 55.0 Å². The van der Waals surface area contributed by atoms with Gasteiger partial charge < -0.3 is 0 Å². The Labute approximate surface area is 301 Å². The summed E-state index contributed by atoms with van der Waals surface area (Å²) in [6, 6.07) is 31.8. The summed E-state index contributed by atoms with van der Waals surface area (Å²) < 4.78 is 26.6. The second-order valence-corrected chi connectivity index (χ2v) is 21.6. The van der Waals surface area contributed by atoms with E-state index >= 15 is 0 Å². The number of methoxy groups -OCH3 is 1. The molecule has 1 heterocycles. The SMILES string of the molecule is COC(=O)C(CCCCC[C@@H]1[C@@H](CO[Si](c2ccccc2)(c2ccccc2)C(C)(C)C)[C@H](OC2CCCCO2)C[C@@H]1O)[Se]c1ccccc1. The number of ether oxygens (including phenoxy) is 3. The molecule has 2 fully saturated rings. The number of unbranched alkanes of at least 4 members (excludes halogenated alkanes) is 2. The Morgan fingerprint density at radius 3 is 2.10 bits per heavy atom. The molecule has 49 heavy (non-hydrogen) atoms. The monoisotopic (exact) mass is 752 g/mol. The molecule has 1 saturated heterocycles. The summed E-state index contributed by atoms with van der Waals surface area (Å²) in [4.78, 5) is 12.5. The van der Waals surface area contributed by atoms with Crippen molar-refractivity contribution in [2.75, 3.05) is 20.3 Å². The van der Waals surface area contributed by atoms with Crippen LogP contribution in [0.3, 0.4) is 0 Å². The van der Waals surface area contributed by atoms with Crippen LogP contribution in [0.2, 0.25) is 9.85 Å². The van der Waals surface area contributed by atoms with Gasteiger partial charge in [-0.05, 0) is 12.8 Å². The third kappa shape index (κ3) is 9.73. The Morgan fingerprint density at radius 2 is 1.53 bits per heavy atom. The van der Waals surface area contributed by atoms with Crippen LogP contribution in [-0.4, -0.2) is 73.2 Å². The number of carbonyl (C=O) groups excluding carboxylic acids is 1. The first kappa shape index (κ1) is 37.9. The van der Waals surface area contributed by atoms with Gasteiger partial charge in [-0.15, -0.1) is 0 Å². The number of hydrogen-bond acceptors (Lipinski definition) is 6. The van der Waals surface area contributed by atoms with Gasteiger partial charge >= 0.3 is 202 Å². The summed E-state index contributed by atoms with van der Waals surface area (Å²) in [5.74, 6) is 0.00342. The topological polar surface area (TPSA) is 74.2 Å². The summed E-state index contributed by atoms with van der Waals surface area (Å²) in [7, 11) is -1.27. The second-order valence-electron chi connectivity index (χ2n) is 14.7. The van der Waals surface area contributed by atoms with E-state index in [2.05, 4.69) is 93.6 Å². The minimum atomic E-state index is -2.76. The Bertz CT molecular complexity index is 1360. The molecule has 8 heteroatoms. The second kappa shape index (κ2) is 18.3. The summed E-state index contributed by atoms with van der Waals surface area (Å²) in [5.41, 5.74) is 0. The van der Waals surface area contributed by atoms with Crippen molar-refractivity contribution in [3.63, 3.8) is 0 Å². The van der Waals surface area contributed by atoms with Gasteiger partial charge in [-0.25, -0.2) is 0 Å². The van der Waals surface area contributed by atoms with Gasteiger partial charge in [0.15, 0.2) is 0 Å². The van der Waals surface area contributed by atoms with Crippen LogP contribution >= 0.6 is 0 Å². The number of hydrogen-bond donors (Lipinski definition) is 1. The maximum atomic E-state index is 12.6. The molecule has 1 saturated carbocycles. The van der Waals surface area contributed by atoms with Gasteiger partial charge in [0.25, 0.3) is 0 Å². The number of aliphatic hydroxyl groups excluding tert-OH is 1. The van der Waals surface area contributed by atoms with Crippen molar-refractivity contribution in [1.29, 1.82) is 0 Å². The van der Waals surface area contributed by atoms with Gasteiger partial charge in [0.2, 0.25) is 0 Å². The first-order chi connectivity index (χ1) is 23.7. The molecule has 1 aliphatic heterocycles. The third-order valence-corrected chi connectivity index (χ3v) is 18.0. The molecule has 0 radical (unpaired) electrons. The van der Waals surface area contributed by atoms with Crippen LogP contribution in [0, 0.1) is 11.8 Å². The van der Waals surface area contributed by atoms with Crippen LogP contribution in [0.25, 0.3) is 0 Å². The number of rotatable bonds is 16. The maximum absolute atomic E-state index is 12.6. The summed E-state index contributed by atoms with van der Waals surface area (Å²) >= 11 is 0.0329. The molecule has 2 unspecified atom stereocenters. The van der Waals surface area contributed by atoms with Crippen molar-refractivity contribution >= 4 is 44.1 Å². The molecular weight excluding hydrogens is 695 g/mol. The summed E-state index contributed by atoms with van der Waals surface area (Å²) in [5, 5.41) is 14.0. The van der Waals surface area contributed by atoms with Crippen LogP contribution in [0.4, 0.5) is 0 Å². The molecule has 0 bridgehead atoms. The van der Waals surface area contributed by atoms with E-state index in [1.165, 1.54) is 21.9 Å².